The van der Waals surface area contributed by atoms with E-state index in [4.69, 9.17) is 4.74 Å². The normalized spacial score (nSPS) is 13.2. The highest BCUT2D eigenvalue weighted by Gasteiger charge is 2.27. The van der Waals surface area contributed by atoms with Gasteiger partial charge in [-0.3, -0.25) is 4.68 Å². The third-order valence-corrected chi connectivity index (χ3v) is 4.87. The maximum atomic E-state index is 5.34. The van der Waals surface area contributed by atoms with Gasteiger partial charge in [0.1, 0.15) is 17.9 Å². The second kappa shape index (κ2) is 5.88. The molecule has 0 amide bonds. The fourth-order valence-corrected chi connectivity index (χ4v) is 3.50. The van der Waals surface area contributed by atoms with Crippen LogP contribution in [0.15, 0.2) is 30.7 Å². The summed E-state index contributed by atoms with van der Waals surface area (Å²) in [6.07, 6.45) is 3.59. The predicted molar refractivity (Wildman–Crippen MR) is 96.6 cm³/mol. The zero-order valence-electron chi connectivity index (χ0n) is 14.9. The van der Waals surface area contributed by atoms with Gasteiger partial charge in [0.05, 0.1) is 31.2 Å². The third kappa shape index (κ3) is 2.54. The van der Waals surface area contributed by atoms with Crippen LogP contribution in [0.3, 0.4) is 0 Å². The quantitative estimate of drug-likeness (QED) is 0.736. The Morgan fingerprint density at radius 3 is 2.68 bits per heavy atom. The number of aryl methyl sites for hydroxylation is 3. The lowest BCUT2D eigenvalue weighted by atomic mass is 9.99. The van der Waals surface area contributed by atoms with Crippen LogP contribution >= 0.6 is 0 Å². The molecule has 0 radical (unpaired) electrons. The molecule has 0 bridgehead atoms. The molecule has 0 saturated heterocycles. The number of methoxy groups -OCH3 is 1. The molecule has 1 aliphatic rings. The maximum absolute atomic E-state index is 5.34. The van der Waals surface area contributed by atoms with Crippen LogP contribution in [0.4, 0.5) is 5.82 Å². The van der Waals surface area contributed by atoms with E-state index in [-0.39, 0.29) is 0 Å². The molecule has 0 unspecified atom stereocenters. The van der Waals surface area contributed by atoms with E-state index < -0.39 is 0 Å². The van der Waals surface area contributed by atoms with Gasteiger partial charge in [0.2, 0.25) is 0 Å². The first-order valence-electron chi connectivity index (χ1n) is 8.29. The second-order valence-corrected chi connectivity index (χ2v) is 6.43. The van der Waals surface area contributed by atoms with E-state index in [1.807, 2.05) is 37.0 Å². The zero-order chi connectivity index (χ0) is 17.6. The fraction of sp³-hybridized carbons (Fsp3) is 0.316. The van der Waals surface area contributed by atoms with Crippen molar-refractivity contribution in [3.05, 3.63) is 53.2 Å². The van der Waals surface area contributed by atoms with Crippen LogP contribution in [0.2, 0.25) is 0 Å². The summed E-state index contributed by atoms with van der Waals surface area (Å²) in [5, 5.41) is 4.34. The summed E-state index contributed by atoms with van der Waals surface area (Å²) in [5.41, 5.74) is 6.86. The van der Waals surface area contributed by atoms with Gasteiger partial charge in [0, 0.05) is 24.7 Å². The molecular weight excluding hydrogens is 314 g/mol. The van der Waals surface area contributed by atoms with Crippen LogP contribution in [0.25, 0.3) is 11.1 Å². The first-order valence-corrected chi connectivity index (χ1v) is 8.29. The van der Waals surface area contributed by atoms with E-state index in [0.29, 0.717) is 0 Å². The molecule has 6 heteroatoms. The lowest BCUT2D eigenvalue weighted by Gasteiger charge is -2.22. The lowest BCUT2D eigenvalue weighted by Crippen LogP contribution is -2.19. The number of rotatable bonds is 3. The molecule has 25 heavy (non-hydrogen) atoms. The van der Waals surface area contributed by atoms with Crippen molar-refractivity contribution in [1.82, 2.24) is 19.7 Å². The number of hydrogen-bond donors (Lipinski definition) is 0. The summed E-state index contributed by atoms with van der Waals surface area (Å²) in [4.78, 5) is 11.4. The number of anilines is 1. The third-order valence-electron chi connectivity index (χ3n) is 4.87. The molecule has 0 fully saturated rings. The number of ether oxygens (including phenoxy) is 1. The Labute approximate surface area is 147 Å². The van der Waals surface area contributed by atoms with Crippen molar-refractivity contribution in [3.8, 4) is 16.9 Å². The summed E-state index contributed by atoms with van der Waals surface area (Å²) in [5.74, 6) is 1.83. The first-order chi connectivity index (χ1) is 12.1. The molecule has 1 aliphatic heterocycles. The van der Waals surface area contributed by atoms with Gasteiger partial charge in [-0.25, -0.2) is 9.97 Å². The number of benzene rings is 1. The number of hydrogen-bond acceptors (Lipinski definition) is 5. The van der Waals surface area contributed by atoms with Crippen LogP contribution in [-0.2, 0) is 20.1 Å². The van der Waals surface area contributed by atoms with E-state index in [1.54, 1.807) is 13.4 Å². The Balaban J connectivity index is 1.80. The minimum Gasteiger partial charge on any atom is -0.497 e. The number of nitrogens with zero attached hydrogens (tertiary/aromatic N) is 5. The first kappa shape index (κ1) is 15.6. The largest absolute Gasteiger partial charge is 0.497 e. The number of aromatic nitrogens is 4. The Hall–Kier alpha value is -2.89. The summed E-state index contributed by atoms with van der Waals surface area (Å²) in [6, 6.07) is 6.13. The fourth-order valence-electron chi connectivity index (χ4n) is 3.50. The highest BCUT2D eigenvalue weighted by Crippen LogP contribution is 2.37. The van der Waals surface area contributed by atoms with Crippen LogP contribution in [-0.4, -0.2) is 26.9 Å². The summed E-state index contributed by atoms with van der Waals surface area (Å²) in [7, 11) is 3.67. The van der Waals surface area contributed by atoms with Gasteiger partial charge >= 0.3 is 0 Å². The predicted octanol–water partition coefficient (Wildman–Crippen LogP) is 3.02. The van der Waals surface area contributed by atoms with Gasteiger partial charge in [-0.05, 0) is 37.1 Å². The van der Waals surface area contributed by atoms with E-state index >= 15 is 0 Å². The van der Waals surface area contributed by atoms with Crippen molar-refractivity contribution in [3.63, 3.8) is 0 Å². The molecule has 2 aromatic heterocycles. The highest BCUT2D eigenvalue weighted by molar-refractivity contribution is 5.80. The average molecular weight is 335 g/mol. The Kier molecular flexibility index (Phi) is 3.67. The minimum atomic E-state index is 0.810. The molecule has 0 saturated carbocycles. The summed E-state index contributed by atoms with van der Waals surface area (Å²) >= 11 is 0. The lowest BCUT2D eigenvalue weighted by molar-refractivity contribution is 0.414. The second-order valence-electron chi connectivity index (χ2n) is 6.43. The van der Waals surface area contributed by atoms with Crippen molar-refractivity contribution < 1.29 is 4.74 Å². The van der Waals surface area contributed by atoms with E-state index in [1.165, 1.54) is 11.3 Å². The summed E-state index contributed by atoms with van der Waals surface area (Å²) in [6.45, 7) is 5.76. The van der Waals surface area contributed by atoms with Gasteiger partial charge < -0.3 is 9.64 Å². The molecule has 0 aliphatic carbocycles. The van der Waals surface area contributed by atoms with Crippen LogP contribution in [0.1, 0.15) is 22.5 Å². The molecule has 6 nitrogen and oxygen atoms in total. The van der Waals surface area contributed by atoms with E-state index in [0.717, 1.165) is 47.0 Å². The molecule has 0 N–H and O–H groups in total. The number of fused-ring (bicyclic) bond motifs is 1. The smallest absolute Gasteiger partial charge is 0.140 e. The van der Waals surface area contributed by atoms with Crippen LogP contribution in [0, 0.1) is 13.8 Å². The summed E-state index contributed by atoms with van der Waals surface area (Å²) < 4.78 is 7.29. The molecule has 0 atom stereocenters. The average Bonchev–Trinajstić information content (AvgIpc) is 3.17. The van der Waals surface area contributed by atoms with Gasteiger partial charge in [-0.1, -0.05) is 6.07 Å². The van der Waals surface area contributed by atoms with Gasteiger partial charge in [-0.2, -0.15) is 5.10 Å². The zero-order valence-corrected chi connectivity index (χ0v) is 14.9. The Morgan fingerprint density at radius 1 is 1.12 bits per heavy atom. The topological polar surface area (TPSA) is 56.1 Å². The van der Waals surface area contributed by atoms with Crippen molar-refractivity contribution in [2.75, 3.05) is 12.0 Å². The standard InChI is InChI=1S/C19H21N5O/c1-12-7-15(25-4)5-6-16(12)18-13(2)20-11-21-19(18)24-9-14-8-22-23(3)17(14)10-24/h5-8,11H,9-10H2,1-4H3. The molecule has 128 valence electrons. The molecule has 3 heterocycles. The Morgan fingerprint density at radius 2 is 1.96 bits per heavy atom. The van der Waals surface area contributed by atoms with Crippen LogP contribution in [0.5, 0.6) is 5.75 Å². The van der Waals surface area contributed by atoms with Crippen molar-refractivity contribution in [2.24, 2.45) is 7.05 Å². The van der Waals surface area contributed by atoms with Crippen molar-refractivity contribution in [1.29, 1.82) is 0 Å². The van der Waals surface area contributed by atoms with Crippen molar-refractivity contribution >= 4 is 5.82 Å². The minimum absolute atomic E-state index is 0.810. The SMILES string of the molecule is COc1ccc(-c2c(C)ncnc2N2Cc3cnn(C)c3C2)c(C)c1. The Bertz CT molecular complexity index is 947. The van der Waals surface area contributed by atoms with Crippen molar-refractivity contribution in [2.45, 2.75) is 26.9 Å². The molecular formula is C19H21N5O. The highest BCUT2D eigenvalue weighted by atomic mass is 16.5. The molecule has 1 aromatic carbocycles. The molecule has 4 rings (SSSR count). The van der Waals surface area contributed by atoms with E-state index in [9.17, 15) is 0 Å². The van der Waals surface area contributed by atoms with E-state index in [2.05, 4.69) is 33.0 Å². The van der Waals surface area contributed by atoms with Crippen LogP contribution < -0.4 is 9.64 Å². The monoisotopic (exact) mass is 335 g/mol. The molecule has 0 spiro atoms. The van der Waals surface area contributed by atoms with Gasteiger partial charge in [0.15, 0.2) is 0 Å². The maximum Gasteiger partial charge on any atom is 0.140 e. The van der Waals surface area contributed by atoms with Gasteiger partial charge in [0.25, 0.3) is 0 Å². The van der Waals surface area contributed by atoms with Gasteiger partial charge in [-0.15, -0.1) is 0 Å². The molecule has 3 aromatic rings.